The minimum atomic E-state index is -1.78. The SMILES string of the molecule is [2H]C1([2H])c2ccccc2[C@@]2(C)N=C(c3[c-]c(Oc4[c-]c5c(cc4)c4cc(C(C)(C)C)ccc4n5-c4cc(C(C)(C)C)ccn4)cc(C(C)C)n3)O[C@@]12C.[Pt+2]. The average molecular weight is 872 g/mol. The Morgan fingerprint density at radius 3 is 2.33 bits per heavy atom. The van der Waals surface area contributed by atoms with Crippen molar-refractivity contribution in [2.75, 3.05) is 0 Å². The number of hydrogen-bond donors (Lipinski definition) is 0. The summed E-state index contributed by atoms with van der Waals surface area (Å²) in [5, 5.41) is 2.18. The van der Waals surface area contributed by atoms with Crippen LogP contribution in [-0.4, -0.2) is 26.0 Å². The second-order valence-corrected chi connectivity index (χ2v) is 16.6. The van der Waals surface area contributed by atoms with Crippen LogP contribution in [0.4, 0.5) is 0 Å². The predicted molar refractivity (Wildman–Crippen MR) is 206 cm³/mol. The van der Waals surface area contributed by atoms with E-state index in [-0.39, 0.29) is 43.7 Å². The molecule has 0 amide bonds. The van der Waals surface area contributed by atoms with Gasteiger partial charge in [-0.2, -0.15) is 6.07 Å². The third-order valence-electron chi connectivity index (χ3n) is 10.5. The maximum atomic E-state index is 9.14. The molecule has 1 aliphatic carbocycles. The van der Waals surface area contributed by atoms with Crippen molar-refractivity contribution >= 4 is 27.7 Å². The van der Waals surface area contributed by atoms with Gasteiger partial charge < -0.3 is 14.0 Å². The van der Waals surface area contributed by atoms with E-state index in [0.29, 0.717) is 22.8 Å². The standard InChI is InChI=1S/C45H46N4O2.Pt/c1-27(2)36-23-32(24-37(47-36)41-48-45(10)35-14-12-11-13-28(35)26-44(45,9)51-41)50-31-16-17-33-34-21-29(42(3,4)5)15-18-38(34)49(39(33)25-31)40-22-30(19-20-46-40)43(6,7)8;/h11-23,27H,26H2,1-10H3;/q-2;+2/t44-,45+;/m0./s1/i26D2;. The van der Waals surface area contributed by atoms with Crippen molar-refractivity contribution in [1.29, 1.82) is 0 Å². The number of rotatable bonds is 5. The molecule has 0 unspecified atom stereocenters. The van der Waals surface area contributed by atoms with Crippen molar-refractivity contribution in [2.45, 2.75) is 103 Å². The molecular formula is C45H46N4O2Pt. The maximum absolute atomic E-state index is 9.14. The van der Waals surface area contributed by atoms with E-state index in [4.69, 9.17) is 27.2 Å². The van der Waals surface area contributed by atoms with Crippen LogP contribution in [0.1, 0.15) is 112 Å². The quantitative estimate of drug-likeness (QED) is 0.162. The summed E-state index contributed by atoms with van der Waals surface area (Å²) in [6.07, 6.45) is 0.0988. The van der Waals surface area contributed by atoms with Crippen LogP contribution in [-0.2, 0) is 48.5 Å². The molecule has 0 saturated heterocycles. The summed E-state index contributed by atoms with van der Waals surface area (Å²) < 4.78 is 33.6. The van der Waals surface area contributed by atoms with E-state index in [0.717, 1.165) is 38.9 Å². The van der Waals surface area contributed by atoms with Gasteiger partial charge in [0.15, 0.2) is 0 Å². The molecule has 2 aliphatic rings. The van der Waals surface area contributed by atoms with Gasteiger partial charge in [0.05, 0.1) is 0 Å². The van der Waals surface area contributed by atoms with Gasteiger partial charge in [0.25, 0.3) is 0 Å². The van der Waals surface area contributed by atoms with Gasteiger partial charge in [-0.3, -0.25) is 9.98 Å². The molecule has 0 fully saturated rings. The van der Waals surface area contributed by atoms with Gasteiger partial charge in [0, 0.05) is 38.0 Å². The van der Waals surface area contributed by atoms with E-state index < -0.39 is 17.5 Å². The van der Waals surface area contributed by atoms with E-state index in [9.17, 15) is 0 Å². The maximum Gasteiger partial charge on any atom is 2.00 e. The summed E-state index contributed by atoms with van der Waals surface area (Å²) in [5.74, 6) is 2.10. The van der Waals surface area contributed by atoms with Gasteiger partial charge >= 0.3 is 21.1 Å². The fourth-order valence-corrected chi connectivity index (χ4v) is 7.21. The Kier molecular flexibility index (Phi) is 8.00. The van der Waals surface area contributed by atoms with E-state index in [1.807, 2.05) is 49.5 Å². The number of pyridine rings is 2. The number of aliphatic imine (C=N–C) groups is 1. The number of fused-ring (bicyclic) bond motifs is 6. The van der Waals surface area contributed by atoms with Crippen molar-refractivity contribution in [1.82, 2.24) is 14.5 Å². The van der Waals surface area contributed by atoms with Crippen LogP contribution in [0.5, 0.6) is 11.5 Å². The first-order valence-electron chi connectivity index (χ1n) is 18.8. The Morgan fingerprint density at radius 1 is 0.865 bits per heavy atom. The first-order valence-corrected chi connectivity index (χ1v) is 17.8. The zero-order valence-corrected chi connectivity index (χ0v) is 33.8. The monoisotopic (exact) mass is 871 g/mol. The van der Waals surface area contributed by atoms with Crippen molar-refractivity contribution in [3.8, 4) is 17.3 Å². The number of aromatic nitrogens is 3. The van der Waals surface area contributed by atoms with Crippen molar-refractivity contribution in [2.24, 2.45) is 4.99 Å². The molecule has 0 bridgehead atoms. The van der Waals surface area contributed by atoms with Gasteiger partial charge in [-0.25, -0.2) is 4.98 Å². The van der Waals surface area contributed by atoms with Crippen LogP contribution in [0.25, 0.3) is 27.6 Å². The Morgan fingerprint density at radius 2 is 1.60 bits per heavy atom. The first kappa shape index (κ1) is 33.5. The zero-order chi connectivity index (χ0) is 37.9. The number of benzene rings is 3. The summed E-state index contributed by atoms with van der Waals surface area (Å²) in [4.78, 5) is 14.8. The molecular weight excluding hydrogens is 824 g/mol. The van der Waals surface area contributed by atoms with Gasteiger partial charge in [0.2, 0.25) is 0 Å². The van der Waals surface area contributed by atoms with Gasteiger partial charge in [-0.05, 0) is 82.1 Å². The largest absolute Gasteiger partial charge is 2.00 e. The normalized spacial score (nSPS) is 21.2. The molecule has 3 aromatic carbocycles. The first-order chi connectivity index (χ1) is 24.8. The van der Waals surface area contributed by atoms with E-state index >= 15 is 0 Å². The summed E-state index contributed by atoms with van der Waals surface area (Å²) in [5.41, 5.74) is 4.62. The molecule has 6 nitrogen and oxygen atoms in total. The molecule has 0 saturated carbocycles. The van der Waals surface area contributed by atoms with Gasteiger partial charge in [-0.1, -0.05) is 103 Å². The summed E-state index contributed by atoms with van der Waals surface area (Å²) in [6, 6.07) is 31.3. The van der Waals surface area contributed by atoms with Crippen LogP contribution in [0, 0.1) is 12.1 Å². The molecule has 4 heterocycles. The average Bonchev–Trinajstić information content (AvgIpc) is 3.62. The fraction of sp³-hybridized carbons (Fsp3) is 0.356. The molecule has 6 aromatic rings. The second kappa shape index (κ2) is 12.4. The molecule has 0 radical (unpaired) electrons. The Bertz CT molecular complexity index is 2490. The molecule has 1 aliphatic heterocycles. The molecule has 0 N–H and O–H groups in total. The molecule has 7 heteroatoms. The van der Waals surface area contributed by atoms with Crippen LogP contribution < -0.4 is 4.74 Å². The number of nitrogens with zero attached hydrogens (tertiary/aromatic N) is 4. The molecule has 3 aromatic heterocycles. The van der Waals surface area contributed by atoms with Crippen LogP contribution >= 0.6 is 0 Å². The predicted octanol–water partition coefficient (Wildman–Crippen LogP) is 10.7. The number of hydrogen-bond acceptors (Lipinski definition) is 5. The molecule has 268 valence electrons. The minimum absolute atomic E-state index is 0. The van der Waals surface area contributed by atoms with Crippen LogP contribution in [0.3, 0.4) is 0 Å². The third kappa shape index (κ3) is 5.88. The molecule has 8 rings (SSSR count). The Hall–Kier alpha value is -4.28. The Balaban J connectivity index is 0.00000450. The van der Waals surface area contributed by atoms with Crippen molar-refractivity contribution in [3.05, 3.63) is 125 Å². The summed E-state index contributed by atoms with van der Waals surface area (Å²) in [7, 11) is 0. The van der Waals surface area contributed by atoms with Crippen LogP contribution in [0.15, 0.2) is 84.0 Å². The topological polar surface area (TPSA) is 61.5 Å². The smallest absolute Gasteiger partial charge is 0.524 e. The fourth-order valence-electron chi connectivity index (χ4n) is 7.21. The van der Waals surface area contributed by atoms with E-state index in [1.165, 1.54) is 11.1 Å². The van der Waals surface area contributed by atoms with Gasteiger partial charge in [-0.15, -0.1) is 23.6 Å². The summed E-state index contributed by atoms with van der Waals surface area (Å²) >= 11 is 0. The van der Waals surface area contributed by atoms with E-state index in [1.54, 1.807) is 6.92 Å². The number of ether oxygens (including phenoxy) is 2. The van der Waals surface area contributed by atoms with Crippen molar-refractivity contribution in [3.63, 3.8) is 0 Å². The zero-order valence-electron chi connectivity index (χ0n) is 33.5. The second-order valence-electron chi connectivity index (χ2n) is 16.6. The van der Waals surface area contributed by atoms with Gasteiger partial charge in [0.1, 0.15) is 22.9 Å². The van der Waals surface area contributed by atoms with Crippen molar-refractivity contribution < 1.29 is 33.3 Å². The molecule has 2 atom stereocenters. The molecule has 52 heavy (non-hydrogen) atoms. The Labute approximate surface area is 324 Å². The summed E-state index contributed by atoms with van der Waals surface area (Å²) in [6.45, 7) is 21.2. The molecule has 0 spiro atoms. The minimum Gasteiger partial charge on any atom is -0.524 e. The van der Waals surface area contributed by atoms with Crippen LogP contribution in [0.2, 0.25) is 0 Å². The van der Waals surface area contributed by atoms with E-state index in [2.05, 4.69) is 108 Å². The third-order valence-corrected chi connectivity index (χ3v) is 10.5.